The first-order valence-electron chi connectivity index (χ1n) is 5.33. The molecule has 0 unspecified atom stereocenters. The molecule has 0 bridgehead atoms. The third-order valence-corrected chi connectivity index (χ3v) is 6.53. The molecule has 1 aromatic rings. The van der Waals surface area contributed by atoms with Crippen molar-refractivity contribution in [3.63, 3.8) is 0 Å². The van der Waals surface area contributed by atoms with Crippen molar-refractivity contribution < 1.29 is 8.42 Å². The van der Waals surface area contributed by atoms with Crippen LogP contribution in [0.2, 0.25) is 0 Å². The van der Waals surface area contributed by atoms with Gasteiger partial charge in [0.2, 0.25) is 10.0 Å². The van der Waals surface area contributed by atoms with Crippen molar-refractivity contribution >= 4 is 37.3 Å². The number of halogens is 1. The van der Waals surface area contributed by atoms with Crippen LogP contribution in [0.3, 0.4) is 0 Å². The molecule has 0 N–H and O–H groups in total. The predicted octanol–water partition coefficient (Wildman–Crippen LogP) is 3.16. The molecule has 1 aromatic heterocycles. The summed E-state index contributed by atoms with van der Waals surface area (Å²) in [6, 6.07) is 1.69. The maximum absolute atomic E-state index is 12.4. The van der Waals surface area contributed by atoms with Crippen molar-refractivity contribution in [3.05, 3.63) is 26.4 Å². The Morgan fingerprint density at radius 3 is 2.59 bits per heavy atom. The van der Waals surface area contributed by atoms with E-state index in [-0.39, 0.29) is 0 Å². The van der Waals surface area contributed by atoms with E-state index in [2.05, 4.69) is 15.9 Å². The quantitative estimate of drug-likeness (QED) is 0.778. The van der Waals surface area contributed by atoms with Gasteiger partial charge in [0.15, 0.2) is 0 Å². The minimum atomic E-state index is -3.33. The van der Waals surface area contributed by atoms with Gasteiger partial charge in [-0.15, -0.1) is 11.3 Å². The summed E-state index contributed by atoms with van der Waals surface area (Å²) in [7, 11) is -3.33. The molecular weight excluding hydrogens is 322 g/mol. The topological polar surface area (TPSA) is 37.4 Å². The second-order valence-corrected chi connectivity index (χ2v) is 8.68. The lowest BCUT2D eigenvalue weighted by atomic mass is 10.1. The molecule has 3 nitrogen and oxygen atoms in total. The third-order valence-electron chi connectivity index (χ3n) is 2.86. The first kappa shape index (κ1) is 13.3. The van der Waals surface area contributed by atoms with Crippen LogP contribution in [0.4, 0.5) is 0 Å². The van der Waals surface area contributed by atoms with Crippen LogP contribution in [0.25, 0.3) is 0 Å². The molecule has 0 atom stereocenters. The number of aryl methyl sites for hydroxylation is 1. The van der Waals surface area contributed by atoms with Crippen molar-refractivity contribution in [1.29, 1.82) is 0 Å². The van der Waals surface area contributed by atoms with Crippen LogP contribution in [0.15, 0.2) is 26.4 Å². The van der Waals surface area contributed by atoms with Gasteiger partial charge in [-0.1, -0.05) is 11.6 Å². The van der Waals surface area contributed by atoms with Crippen molar-refractivity contribution in [2.24, 2.45) is 0 Å². The van der Waals surface area contributed by atoms with Gasteiger partial charge in [0.25, 0.3) is 0 Å². The van der Waals surface area contributed by atoms with Gasteiger partial charge in [-0.05, 0) is 42.3 Å². The minimum Gasteiger partial charge on any atom is -0.207 e. The van der Waals surface area contributed by atoms with Gasteiger partial charge in [-0.2, -0.15) is 4.31 Å². The van der Waals surface area contributed by atoms with Crippen molar-refractivity contribution in [2.45, 2.75) is 25.2 Å². The van der Waals surface area contributed by atoms with Crippen molar-refractivity contribution in [1.82, 2.24) is 4.31 Å². The summed E-state index contributed by atoms with van der Waals surface area (Å²) in [6.45, 7) is 4.95. The number of sulfonamides is 1. The largest absolute Gasteiger partial charge is 0.244 e. The molecule has 2 rings (SSSR count). The average molecular weight is 336 g/mol. The molecule has 17 heavy (non-hydrogen) atoms. The summed E-state index contributed by atoms with van der Waals surface area (Å²) in [4.78, 5) is 1.27. The molecule has 6 heteroatoms. The fourth-order valence-electron chi connectivity index (χ4n) is 1.80. The zero-order chi connectivity index (χ0) is 12.6. The molecule has 0 radical (unpaired) electrons. The van der Waals surface area contributed by atoms with Crippen LogP contribution in [0, 0.1) is 6.92 Å². The SMILES string of the molecule is CC1=CCN(S(=O)(=O)c2cc(Br)sc2C)CC1. The first-order chi connectivity index (χ1) is 7.91. The molecule has 0 amide bonds. The number of hydrogen-bond acceptors (Lipinski definition) is 3. The number of thiophene rings is 1. The second-order valence-electron chi connectivity index (χ2n) is 4.13. The molecule has 0 fully saturated rings. The molecular formula is C11H14BrNO2S2. The van der Waals surface area contributed by atoms with E-state index in [1.807, 2.05) is 19.9 Å². The Labute approximate surface area is 114 Å². The van der Waals surface area contributed by atoms with E-state index in [1.54, 1.807) is 10.4 Å². The Morgan fingerprint density at radius 1 is 1.41 bits per heavy atom. The molecule has 2 heterocycles. The highest BCUT2D eigenvalue weighted by atomic mass is 79.9. The summed E-state index contributed by atoms with van der Waals surface area (Å²) in [5.41, 5.74) is 1.26. The van der Waals surface area contributed by atoms with Gasteiger partial charge >= 0.3 is 0 Å². The van der Waals surface area contributed by atoms with Crippen LogP contribution >= 0.6 is 27.3 Å². The van der Waals surface area contributed by atoms with Gasteiger partial charge in [0.1, 0.15) is 0 Å². The smallest absolute Gasteiger partial charge is 0.207 e. The van der Waals surface area contributed by atoms with E-state index in [0.717, 1.165) is 15.1 Å². The maximum Gasteiger partial charge on any atom is 0.244 e. The van der Waals surface area contributed by atoms with Gasteiger partial charge < -0.3 is 0 Å². The zero-order valence-corrected chi connectivity index (χ0v) is 13.0. The van der Waals surface area contributed by atoms with Gasteiger partial charge in [0, 0.05) is 18.0 Å². The van der Waals surface area contributed by atoms with Crippen LogP contribution in [-0.4, -0.2) is 25.8 Å². The highest BCUT2D eigenvalue weighted by molar-refractivity contribution is 9.11. The number of rotatable bonds is 2. The van der Waals surface area contributed by atoms with E-state index in [1.165, 1.54) is 16.9 Å². The fourth-order valence-corrected chi connectivity index (χ4v) is 5.56. The van der Waals surface area contributed by atoms with Crippen molar-refractivity contribution in [3.8, 4) is 0 Å². The third kappa shape index (κ3) is 2.65. The summed E-state index contributed by atoms with van der Waals surface area (Å²) in [6.07, 6.45) is 2.81. The van der Waals surface area contributed by atoms with Gasteiger partial charge in [0.05, 0.1) is 8.68 Å². The summed E-state index contributed by atoms with van der Waals surface area (Å²) in [5.74, 6) is 0. The molecule has 0 aliphatic carbocycles. The summed E-state index contributed by atoms with van der Waals surface area (Å²) < 4.78 is 27.2. The van der Waals surface area contributed by atoms with Crippen LogP contribution in [0.1, 0.15) is 18.2 Å². The van der Waals surface area contributed by atoms with Crippen LogP contribution in [0.5, 0.6) is 0 Å². The van der Waals surface area contributed by atoms with Gasteiger partial charge in [-0.3, -0.25) is 0 Å². The monoisotopic (exact) mass is 335 g/mol. The fraction of sp³-hybridized carbons (Fsp3) is 0.455. The first-order valence-corrected chi connectivity index (χ1v) is 8.38. The highest BCUT2D eigenvalue weighted by Gasteiger charge is 2.28. The number of nitrogens with zero attached hydrogens (tertiary/aromatic N) is 1. The summed E-state index contributed by atoms with van der Waals surface area (Å²) >= 11 is 4.79. The normalized spacial score (nSPS) is 18.2. The Morgan fingerprint density at radius 2 is 2.12 bits per heavy atom. The van der Waals surface area contributed by atoms with Gasteiger partial charge in [-0.25, -0.2) is 8.42 Å². The lowest BCUT2D eigenvalue weighted by molar-refractivity contribution is 0.431. The maximum atomic E-state index is 12.4. The Bertz CT molecular complexity index is 560. The van der Waals surface area contributed by atoms with E-state index in [9.17, 15) is 8.42 Å². The summed E-state index contributed by atoms with van der Waals surface area (Å²) in [5, 5.41) is 0. The predicted molar refractivity (Wildman–Crippen MR) is 73.9 cm³/mol. The Hall–Kier alpha value is -0.170. The Balaban J connectivity index is 2.34. The van der Waals surface area contributed by atoms with E-state index in [4.69, 9.17) is 0 Å². The zero-order valence-electron chi connectivity index (χ0n) is 9.73. The molecule has 0 spiro atoms. The minimum absolute atomic E-state index is 0.433. The second kappa shape index (κ2) is 4.84. The van der Waals surface area contributed by atoms with Crippen LogP contribution in [-0.2, 0) is 10.0 Å². The molecule has 0 aromatic carbocycles. The Kier molecular flexibility index (Phi) is 3.77. The van der Waals surface area contributed by atoms with E-state index >= 15 is 0 Å². The standard InChI is InChI=1S/C11H14BrNO2S2/c1-8-3-5-13(6-4-8)17(14,15)10-7-11(12)16-9(10)2/h3,7H,4-6H2,1-2H3. The highest BCUT2D eigenvalue weighted by Crippen LogP contribution is 2.32. The van der Waals surface area contributed by atoms with E-state index in [0.29, 0.717) is 18.0 Å². The lowest BCUT2D eigenvalue weighted by Gasteiger charge is -2.24. The molecule has 1 aliphatic rings. The van der Waals surface area contributed by atoms with E-state index < -0.39 is 10.0 Å². The molecule has 94 valence electrons. The van der Waals surface area contributed by atoms with Crippen LogP contribution < -0.4 is 0 Å². The molecule has 0 saturated carbocycles. The van der Waals surface area contributed by atoms with Crippen molar-refractivity contribution in [2.75, 3.05) is 13.1 Å². The molecule has 1 aliphatic heterocycles. The molecule has 0 saturated heterocycles. The number of hydrogen-bond donors (Lipinski definition) is 0. The average Bonchev–Trinajstić information content (AvgIpc) is 2.59. The lowest BCUT2D eigenvalue weighted by Crippen LogP contribution is -2.34.